The van der Waals surface area contributed by atoms with Gasteiger partial charge in [0.25, 0.3) is 0 Å². The van der Waals surface area contributed by atoms with Gasteiger partial charge in [-0.1, -0.05) is 0 Å². The molecule has 0 aromatic carbocycles. The molecule has 3 rings (SSSR count). The molecule has 0 atom stereocenters. The van der Waals surface area contributed by atoms with Crippen molar-refractivity contribution in [3.8, 4) is 18.2 Å². The van der Waals surface area contributed by atoms with Crippen LogP contribution in [0.2, 0.25) is 0 Å². The summed E-state index contributed by atoms with van der Waals surface area (Å²) in [6, 6.07) is 9.04. The molecule has 104 valence electrons. The molecule has 0 radical (unpaired) electrons. The maximum Gasteiger partial charge on any atom is 0.179 e. The van der Waals surface area contributed by atoms with E-state index in [1.54, 1.807) is 18.2 Å². The van der Waals surface area contributed by atoms with E-state index in [9.17, 15) is 5.26 Å². The molecule has 3 aromatic rings. The molecule has 0 unspecified atom stereocenters. The Kier molecular flexibility index (Phi) is 2.95. The predicted octanol–water partition coefficient (Wildman–Crippen LogP) is 1.27. The maximum atomic E-state index is 9.26. The summed E-state index contributed by atoms with van der Waals surface area (Å²) in [5.74, 6) is 0.769. The Hall–Kier alpha value is -3.83. The van der Waals surface area contributed by atoms with E-state index in [2.05, 4.69) is 9.97 Å². The Balaban J connectivity index is 2.33. The molecule has 0 saturated heterocycles. The highest BCUT2D eigenvalue weighted by Gasteiger charge is 2.21. The Morgan fingerprint density at radius 1 is 1.14 bits per heavy atom. The van der Waals surface area contributed by atoms with Crippen molar-refractivity contribution in [2.45, 2.75) is 6.54 Å². The first-order chi connectivity index (χ1) is 10.7. The second-order valence-electron chi connectivity index (χ2n) is 4.35. The maximum absolute atomic E-state index is 9.26. The topological polar surface area (TPSA) is 141 Å². The molecule has 2 N–H and O–H groups in total. The van der Waals surface area contributed by atoms with E-state index in [0.717, 1.165) is 0 Å². The van der Waals surface area contributed by atoms with Crippen LogP contribution in [0.15, 0.2) is 22.8 Å². The number of furan rings is 1. The van der Waals surface area contributed by atoms with Crippen molar-refractivity contribution >= 4 is 17.0 Å². The third-order valence-electron chi connectivity index (χ3n) is 3.13. The van der Waals surface area contributed by atoms with Crippen LogP contribution in [0.4, 0.5) is 5.82 Å². The molecule has 22 heavy (non-hydrogen) atoms. The van der Waals surface area contributed by atoms with Crippen LogP contribution in [-0.4, -0.2) is 14.5 Å². The molecular formula is C14H7N7O. The summed E-state index contributed by atoms with van der Waals surface area (Å²) in [5, 5.41) is 27.3. The molecule has 0 bridgehead atoms. The summed E-state index contributed by atoms with van der Waals surface area (Å²) in [6.07, 6.45) is 1.52. The number of nitrogens with zero attached hydrogens (tertiary/aromatic N) is 6. The van der Waals surface area contributed by atoms with Crippen LogP contribution in [0.1, 0.15) is 22.7 Å². The van der Waals surface area contributed by atoms with Gasteiger partial charge < -0.3 is 14.7 Å². The fourth-order valence-electron chi connectivity index (χ4n) is 2.14. The fourth-order valence-corrected chi connectivity index (χ4v) is 2.14. The normalized spacial score (nSPS) is 10.0. The van der Waals surface area contributed by atoms with Crippen LogP contribution in [0.3, 0.4) is 0 Å². The quantitative estimate of drug-likeness (QED) is 0.748. The fraction of sp³-hybridized carbons (Fsp3) is 0.0714. The number of nitriles is 3. The van der Waals surface area contributed by atoms with E-state index in [-0.39, 0.29) is 40.5 Å². The summed E-state index contributed by atoms with van der Waals surface area (Å²) in [4.78, 5) is 8.16. The van der Waals surface area contributed by atoms with Gasteiger partial charge >= 0.3 is 0 Å². The van der Waals surface area contributed by atoms with Gasteiger partial charge in [0, 0.05) is 0 Å². The summed E-state index contributed by atoms with van der Waals surface area (Å²) >= 11 is 0. The van der Waals surface area contributed by atoms with Gasteiger partial charge in [0.05, 0.1) is 12.8 Å². The van der Waals surface area contributed by atoms with E-state index in [1.165, 1.54) is 10.8 Å². The highest BCUT2D eigenvalue weighted by Crippen LogP contribution is 2.26. The van der Waals surface area contributed by atoms with E-state index in [4.69, 9.17) is 20.7 Å². The Labute approximate surface area is 124 Å². The molecule has 0 saturated carbocycles. The Bertz CT molecular complexity index is 993. The minimum absolute atomic E-state index is 0.113. The number of hydrogen-bond donors (Lipinski definition) is 1. The van der Waals surface area contributed by atoms with Gasteiger partial charge in [0.1, 0.15) is 40.9 Å². The van der Waals surface area contributed by atoms with Crippen molar-refractivity contribution in [2.75, 3.05) is 5.73 Å². The average Bonchev–Trinajstić information content (AvgIpc) is 3.13. The number of fused-ring (bicyclic) bond motifs is 1. The molecule has 3 heterocycles. The number of hydrogen-bond acceptors (Lipinski definition) is 7. The van der Waals surface area contributed by atoms with E-state index in [0.29, 0.717) is 5.76 Å². The molecule has 8 nitrogen and oxygen atoms in total. The van der Waals surface area contributed by atoms with Crippen molar-refractivity contribution in [2.24, 2.45) is 0 Å². The number of nitrogen functional groups attached to an aromatic ring is 1. The Morgan fingerprint density at radius 3 is 2.45 bits per heavy atom. The average molecular weight is 289 g/mol. The van der Waals surface area contributed by atoms with Gasteiger partial charge in [0.2, 0.25) is 0 Å². The van der Waals surface area contributed by atoms with Gasteiger partial charge in [0.15, 0.2) is 17.0 Å². The molecule has 0 fully saturated rings. The first kappa shape index (κ1) is 13.2. The van der Waals surface area contributed by atoms with E-state index in [1.807, 2.05) is 12.1 Å². The van der Waals surface area contributed by atoms with E-state index >= 15 is 0 Å². The standard InChI is InChI=1S/C14H7N7O/c15-4-9-12-14(20-11(6-17)10(5-16)19-12)21(13(9)18)7-8-2-1-3-22-8/h1-3H,7,18H2. The summed E-state index contributed by atoms with van der Waals surface area (Å²) < 4.78 is 6.79. The molecule has 0 amide bonds. The lowest BCUT2D eigenvalue weighted by Crippen LogP contribution is -2.05. The second kappa shape index (κ2) is 4.93. The largest absolute Gasteiger partial charge is 0.467 e. The van der Waals surface area contributed by atoms with Gasteiger partial charge in [-0.2, -0.15) is 15.8 Å². The molecule has 0 aliphatic rings. The van der Waals surface area contributed by atoms with Crippen molar-refractivity contribution in [1.29, 1.82) is 15.8 Å². The highest BCUT2D eigenvalue weighted by atomic mass is 16.3. The van der Waals surface area contributed by atoms with Crippen molar-refractivity contribution in [1.82, 2.24) is 14.5 Å². The van der Waals surface area contributed by atoms with Crippen molar-refractivity contribution in [3.05, 3.63) is 41.1 Å². The molecule has 0 aliphatic carbocycles. The third kappa shape index (κ3) is 1.82. The Morgan fingerprint density at radius 2 is 1.86 bits per heavy atom. The van der Waals surface area contributed by atoms with Gasteiger partial charge in [-0.15, -0.1) is 0 Å². The third-order valence-corrected chi connectivity index (χ3v) is 3.13. The first-order valence-electron chi connectivity index (χ1n) is 6.12. The van der Waals surface area contributed by atoms with Crippen molar-refractivity contribution < 1.29 is 4.42 Å². The van der Waals surface area contributed by atoms with Crippen LogP contribution in [0.25, 0.3) is 11.2 Å². The minimum atomic E-state index is -0.137. The lowest BCUT2D eigenvalue weighted by Gasteiger charge is -2.04. The molecule has 0 aliphatic heterocycles. The van der Waals surface area contributed by atoms with Crippen molar-refractivity contribution in [3.63, 3.8) is 0 Å². The monoisotopic (exact) mass is 289 g/mol. The molecule has 3 aromatic heterocycles. The second-order valence-corrected chi connectivity index (χ2v) is 4.35. The zero-order chi connectivity index (χ0) is 15.7. The summed E-state index contributed by atoms with van der Waals surface area (Å²) in [7, 11) is 0. The number of rotatable bonds is 2. The SMILES string of the molecule is N#Cc1nc2c(C#N)c(N)n(Cc3ccco3)c2nc1C#N. The van der Waals surface area contributed by atoms with Gasteiger partial charge in [-0.25, -0.2) is 9.97 Å². The first-order valence-corrected chi connectivity index (χ1v) is 6.12. The predicted molar refractivity (Wildman–Crippen MR) is 73.9 cm³/mol. The number of aromatic nitrogens is 3. The van der Waals surface area contributed by atoms with E-state index < -0.39 is 0 Å². The van der Waals surface area contributed by atoms with Crippen LogP contribution < -0.4 is 5.73 Å². The van der Waals surface area contributed by atoms with Crippen LogP contribution in [-0.2, 0) is 6.54 Å². The lowest BCUT2D eigenvalue weighted by atomic mass is 10.3. The number of anilines is 1. The van der Waals surface area contributed by atoms with Gasteiger partial charge in [-0.05, 0) is 12.1 Å². The molecule has 8 heteroatoms. The van der Waals surface area contributed by atoms with Crippen LogP contribution in [0.5, 0.6) is 0 Å². The van der Waals surface area contributed by atoms with Crippen LogP contribution >= 0.6 is 0 Å². The zero-order valence-corrected chi connectivity index (χ0v) is 11.1. The molecule has 0 spiro atoms. The van der Waals surface area contributed by atoms with Gasteiger partial charge in [-0.3, -0.25) is 0 Å². The lowest BCUT2D eigenvalue weighted by molar-refractivity contribution is 0.497. The summed E-state index contributed by atoms with van der Waals surface area (Å²) in [6.45, 7) is 0.239. The van der Waals surface area contributed by atoms with Crippen LogP contribution in [0, 0.1) is 34.0 Å². The number of nitrogens with two attached hydrogens (primary N) is 1. The summed E-state index contributed by atoms with van der Waals surface area (Å²) in [5.41, 5.74) is 6.31. The zero-order valence-electron chi connectivity index (χ0n) is 11.1. The highest BCUT2D eigenvalue weighted by molar-refractivity contribution is 5.87. The minimum Gasteiger partial charge on any atom is -0.467 e. The molecular weight excluding hydrogens is 282 g/mol. The smallest absolute Gasteiger partial charge is 0.179 e.